The number of alkyl halides is 2. The van der Waals surface area contributed by atoms with Crippen LogP contribution in [0.25, 0.3) is 0 Å². The second-order valence-electron chi connectivity index (χ2n) is 8.86. The van der Waals surface area contributed by atoms with Crippen LogP contribution in [-0.2, 0) is 9.53 Å². The van der Waals surface area contributed by atoms with Crippen LogP contribution >= 0.6 is 0 Å². The Labute approximate surface area is 209 Å². The molecule has 10 heteroatoms. The Morgan fingerprint density at radius 2 is 1.81 bits per heavy atom. The van der Waals surface area contributed by atoms with Gasteiger partial charge in [0, 0.05) is 17.8 Å². The quantitative estimate of drug-likeness (QED) is 0.422. The van der Waals surface area contributed by atoms with Gasteiger partial charge in [-0.3, -0.25) is 9.69 Å². The van der Waals surface area contributed by atoms with Crippen LogP contribution in [0.5, 0.6) is 11.8 Å². The second-order valence-corrected chi connectivity index (χ2v) is 8.86. The third-order valence-corrected chi connectivity index (χ3v) is 6.21. The molecule has 2 aromatic rings. The zero-order chi connectivity index (χ0) is 26.2. The van der Waals surface area contributed by atoms with Gasteiger partial charge in [-0.25, -0.2) is 4.79 Å². The van der Waals surface area contributed by atoms with Crippen LogP contribution < -0.4 is 19.7 Å². The number of nitrogens with zero attached hydrogens (tertiary/aromatic N) is 2. The number of amides is 2. The number of methoxy groups -OCH3 is 1. The van der Waals surface area contributed by atoms with Crippen molar-refractivity contribution in [2.24, 2.45) is 5.92 Å². The first-order valence-electron chi connectivity index (χ1n) is 12.1. The van der Waals surface area contributed by atoms with Crippen LogP contribution in [0.15, 0.2) is 36.4 Å². The molecule has 36 heavy (non-hydrogen) atoms. The maximum Gasteiger partial charge on any atom is 0.388 e. The maximum absolute atomic E-state index is 13.7. The molecule has 1 N–H and O–H groups in total. The number of halogens is 2. The molecular formula is C26H33F2N3O5. The average molecular weight is 506 g/mol. The van der Waals surface area contributed by atoms with Gasteiger partial charge in [-0.15, -0.1) is 0 Å². The van der Waals surface area contributed by atoms with Crippen molar-refractivity contribution in [3.05, 3.63) is 42.0 Å². The van der Waals surface area contributed by atoms with E-state index in [4.69, 9.17) is 9.47 Å². The average Bonchev–Trinajstić information content (AvgIpc) is 2.85. The molecule has 0 spiro atoms. The summed E-state index contributed by atoms with van der Waals surface area (Å²) in [5.41, 5.74) is 1.69. The predicted octanol–water partition coefficient (Wildman–Crippen LogP) is 5.98. The summed E-state index contributed by atoms with van der Waals surface area (Å²) in [4.78, 5) is 31.5. The first-order chi connectivity index (χ1) is 17.2. The van der Waals surface area contributed by atoms with Crippen LogP contribution in [0.1, 0.15) is 57.9 Å². The molecule has 1 aromatic heterocycles. The van der Waals surface area contributed by atoms with Crippen molar-refractivity contribution in [1.29, 1.82) is 0 Å². The summed E-state index contributed by atoms with van der Waals surface area (Å²) in [5, 5.41) is 2.70. The van der Waals surface area contributed by atoms with Crippen molar-refractivity contribution < 1.29 is 32.6 Å². The summed E-state index contributed by atoms with van der Waals surface area (Å²) in [6, 6.07) is 9.74. The van der Waals surface area contributed by atoms with E-state index in [-0.39, 0.29) is 35.4 Å². The number of anilines is 2. The van der Waals surface area contributed by atoms with E-state index >= 15 is 0 Å². The van der Waals surface area contributed by atoms with E-state index in [9.17, 15) is 18.4 Å². The Kier molecular flexibility index (Phi) is 9.44. The van der Waals surface area contributed by atoms with Gasteiger partial charge in [-0.05, 0) is 56.2 Å². The smallest absolute Gasteiger partial charge is 0.388 e. The summed E-state index contributed by atoms with van der Waals surface area (Å²) in [7, 11) is 1.35. The minimum absolute atomic E-state index is 0.00617. The summed E-state index contributed by atoms with van der Waals surface area (Å²) >= 11 is 0. The lowest BCUT2D eigenvalue weighted by molar-refractivity contribution is -0.149. The molecule has 1 heterocycles. The van der Waals surface area contributed by atoms with Crippen LogP contribution in [0, 0.1) is 5.92 Å². The van der Waals surface area contributed by atoms with Gasteiger partial charge in [0.05, 0.1) is 19.6 Å². The van der Waals surface area contributed by atoms with Crippen molar-refractivity contribution in [3.8, 4) is 11.8 Å². The van der Waals surface area contributed by atoms with E-state index < -0.39 is 18.5 Å². The third-order valence-electron chi connectivity index (χ3n) is 6.21. The largest absolute Gasteiger partial charge is 0.481 e. The molecule has 196 valence electrons. The number of ether oxygens (including phenoxy) is 3. The maximum atomic E-state index is 13.7. The van der Waals surface area contributed by atoms with Gasteiger partial charge in [0.1, 0.15) is 5.69 Å². The highest BCUT2D eigenvalue weighted by molar-refractivity contribution is 6.03. The lowest BCUT2D eigenvalue weighted by Gasteiger charge is -2.37. The number of carbonyl (C=O) groups is 2. The Morgan fingerprint density at radius 1 is 1.11 bits per heavy atom. The standard InChI is InChI=1S/C26H33F2N3O5/c1-5-35-24(32)17-10-12-18(13-11-17)31(21-9-7-6-8-19(21)16(2)3)26(33)29-20-14-15-22(34-4)30-23(20)36-25(27)28/h6-9,14-18,25H,5,10-13H2,1-4H3,(H,29,33). The molecule has 1 aromatic carbocycles. The number of hydrogen-bond acceptors (Lipinski definition) is 6. The van der Waals surface area contributed by atoms with Crippen molar-refractivity contribution in [2.75, 3.05) is 23.9 Å². The Morgan fingerprint density at radius 3 is 2.42 bits per heavy atom. The highest BCUT2D eigenvalue weighted by atomic mass is 19.3. The number of para-hydroxylation sites is 1. The number of nitrogens with one attached hydrogen (secondary N) is 1. The number of benzene rings is 1. The minimum Gasteiger partial charge on any atom is -0.481 e. The van der Waals surface area contributed by atoms with Crippen molar-refractivity contribution in [1.82, 2.24) is 4.98 Å². The lowest BCUT2D eigenvalue weighted by Crippen LogP contribution is -2.46. The fraction of sp³-hybridized carbons (Fsp3) is 0.500. The third kappa shape index (κ3) is 6.61. The SMILES string of the molecule is CCOC(=O)C1CCC(N(C(=O)Nc2ccc(OC)nc2OC(F)F)c2ccccc2C(C)C)CC1. The van der Waals surface area contributed by atoms with E-state index in [1.807, 2.05) is 38.1 Å². The Balaban J connectivity index is 1.93. The molecule has 1 fully saturated rings. The molecule has 2 amide bonds. The number of rotatable bonds is 9. The van der Waals surface area contributed by atoms with Gasteiger partial charge in [-0.1, -0.05) is 32.0 Å². The van der Waals surface area contributed by atoms with Crippen LogP contribution in [0.3, 0.4) is 0 Å². The number of esters is 1. The van der Waals surface area contributed by atoms with Gasteiger partial charge < -0.3 is 19.5 Å². The highest BCUT2D eigenvalue weighted by Crippen LogP contribution is 2.36. The van der Waals surface area contributed by atoms with Crippen molar-refractivity contribution in [3.63, 3.8) is 0 Å². The lowest BCUT2D eigenvalue weighted by atomic mass is 9.84. The van der Waals surface area contributed by atoms with Crippen LogP contribution in [0.4, 0.5) is 25.0 Å². The Hall–Kier alpha value is -3.43. The molecular weight excluding hydrogens is 472 g/mol. The molecule has 8 nitrogen and oxygen atoms in total. The zero-order valence-electron chi connectivity index (χ0n) is 21.0. The van der Waals surface area contributed by atoms with Crippen molar-refractivity contribution in [2.45, 2.75) is 65.0 Å². The molecule has 1 aliphatic rings. The fourth-order valence-corrected chi connectivity index (χ4v) is 4.48. The molecule has 0 atom stereocenters. The topological polar surface area (TPSA) is 90.0 Å². The molecule has 0 bridgehead atoms. The van der Waals surface area contributed by atoms with E-state index in [0.717, 1.165) is 11.3 Å². The predicted molar refractivity (Wildman–Crippen MR) is 132 cm³/mol. The number of carbonyl (C=O) groups excluding carboxylic acids is 2. The zero-order valence-corrected chi connectivity index (χ0v) is 21.0. The van der Waals surface area contributed by atoms with E-state index in [0.29, 0.717) is 32.3 Å². The summed E-state index contributed by atoms with van der Waals surface area (Å²) in [6.45, 7) is 3.05. The Bertz CT molecular complexity index is 1040. The molecule has 1 saturated carbocycles. The van der Waals surface area contributed by atoms with E-state index in [2.05, 4.69) is 15.0 Å². The van der Waals surface area contributed by atoms with Crippen LogP contribution in [-0.4, -0.2) is 43.4 Å². The number of pyridine rings is 1. The second kappa shape index (κ2) is 12.5. The van der Waals surface area contributed by atoms with Crippen LogP contribution in [0.2, 0.25) is 0 Å². The minimum atomic E-state index is -3.13. The van der Waals surface area contributed by atoms with Gasteiger partial charge >= 0.3 is 18.6 Å². The summed E-state index contributed by atoms with van der Waals surface area (Å²) in [5.74, 6) is -0.660. The van der Waals surface area contributed by atoms with Crippen molar-refractivity contribution >= 4 is 23.4 Å². The molecule has 0 unspecified atom stereocenters. The van der Waals surface area contributed by atoms with Gasteiger partial charge in [0.25, 0.3) is 0 Å². The first kappa shape index (κ1) is 27.2. The van der Waals surface area contributed by atoms with Gasteiger partial charge in [-0.2, -0.15) is 13.8 Å². The summed E-state index contributed by atoms with van der Waals surface area (Å²) < 4.78 is 40.8. The molecule has 0 radical (unpaired) electrons. The summed E-state index contributed by atoms with van der Waals surface area (Å²) in [6.07, 6.45) is 2.34. The fourth-order valence-electron chi connectivity index (χ4n) is 4.48. The van der Waals surface area contributed by atoms with E-state index in [1.54, 1.807) is 11.8 Å². The number of urea groups is 1. The normalized spacial score (nSPS) is 17.6. The molecule has 3 rings (SSSR count). The van der Waals surface area contributed by atoms with Gasteiger partial charge in [0.2, 0.25) is 11.8 Å². The monoisotopic (exact) mass is 505 g/mol. The molecule has 0 saturated heterocycles. The molecule has 0 aliphatic heterocycles. The van der Waals surface area contributed by atoms with Gasteiger partial charge in [0.15, 0.2) is 0 Å². The molecule has 1 aliphatic carbocycles. The number of aromatic nitrogens is 1. The number of hydrogen-bond donors (Lipinski definition) is 1. The van der Waals surface area contributed by atoms with E-state index in [1.165, 1.54) is 19.2 Å². The highest BCUT2D eigenvalue weighted by Gasteiger charge is 2.34. The first-order valence-corrected chi connectivity index (χ1v) is 12.1.